The van der Waals surface area contributed by atoms with Gasteiger partial charge in [0, 0.05) is 31.2 Å². The monoisotopic (exact) mass is 550 g/mol. The van der Waals surface area contributed by atoms with Crippen LogP contribution in [0, 0.1) is 11.6 Å². The lowest BCUT2D eigenvalue weighted by molar-refractivity contribution is -0.118. The molecule has 0 radical (unpaired) electrons. The van der Waals surface area contributed by atoms with E-state index in [9.17, 15) is 13.6 Å². The van der Waals surface area contributed by atoms with Gasteiger partial charge in [0.1, 0.15) is 18.0 Å². The van der Waals surface area contributed by atoms with Crippen LogP contribution in [-0.4, -0.2) is 70.6 Å². The molecule has 40 heavy (non-hydrogen) atoms. The molecule has 2 heterocycles. The van der Waals surface area contributed by atoms with Crippen molar-refractivity contribution in [1.29, 1.82) is 0 Å². The molecule has 1 fully saturated rings. The van der Waals surface area contributed by atoms with Crippen LogP contribution in [0.1, 0.15) is 49.3 Å². The van der Waals surface area contributed by atoms with E-state index in [0.29, 0.717) is 36.7 Å². The summed E-state index contributed by atoms with van der Waals surface area (Å²) in [5.74, 6) is -0.716. The third-order valence-electron chi connectivity index (χ3n) is 8.31. The number of carbonyl (C=O) groups excluding carboxylic acids is 1. The summed E-state index contributed by atoms with van der Waals surface area (Å²) >= 11 is 0. The molecule has 3 aromatic rings. The number of hydrogen-bond acceptors (Lipinski definition) is 5. The number of imidazole rings is 1. The number of anilines is 1. The van der Waals surface area contributed by atoms with Crippen molar-refractivity contribution in [2.45, 2.75) is 70.1 Å². The molecule has 1 amide bonds. The molecule has 1 saturated heterocycles. The SMILES string of the molecule is CCC[C@@H](N[C@H]1CCc2cc(F)cc(F)c2C1)C(=O)Nc1cn(-c2ccccc2CN(C)C2CCN(C)C2)cn1. The fraction of sp³-hybridized carbons (Fsp3) is 0.484. The fourth-order valence-corrected chi connectivity index (χ4v) is 6.09. The first-order valence-corrected chi connectivity index (χ1v) is 14.4. The molecule has 7 nitrogen and oxygen atoms in total. The average Bonchev–Trinajstić information content (AvgIpc) is 3.58. The largest absolute Gasteiger partial charge is 0.308 e. The minimum Gasteiger partial charge on any atom is -0.308 e. The summed E-state index contributed by atoms with van der Waals surface area (Å²) in [4.78, 5) is 22.6. The predicted molar refractivity (Wildman–Crippen MR) is 154 cm³/mol. The molecular formula is C31H40F2N6O. The minimum atomic E-state index is -0.540. The van der Waals surface area contributed by atoms with Crippen molar-refractivity contribution < 1.29 is 13.6 Å². The number of nitrogens with zero attached hydrogens (tertiary/aromatic N) is 4. The molecule has 0 bridgehead atoms. The lowest BCUT2D eigenvalue weighted by Gasteiger charge is -2.29. The first kappa shape index (κ1) is 28.4. The summed E-state index contributed by atoms with van der Waals surface area (Å²) < 4.78 is 30.0. The highest BCUT2D eigenvalue weighted by Crippen LogP contribution is 2.26. The van der Waals surface area contributed by atoms with Crippen molar-refractivity contribution in [2.75, 3.05) is 32.5 Å². The Balaban J connectivity index is 1.24. The quantitative estimate of drug-likeness (QED) is 0.388. The molecule has 1 aliphatic carbocycles. The molecule has 2 aromatic carbocycles. The number of aromatic nitrogens is 2. The van der Waals surface area contributed by atoms with E-state index in [1.54, 1.807) is 6.33 Å². The second-order valence-corrected chi connectivity index (χ2v) is 11.4. The van der Waals surface area contributed by atoms with E-state index < -0.39 is 17.7 Å². The molecule has 2 N–H and O–H groups in total. The van der Waals surface area contributed by atoms with Gasteiger partial charge >= 0.3 is 0 Å². The van der Waals surface area contributed by atoms with Gasteiger partial charge in [0.15, 0.2) is 5.82 Å². The Morgan fingerprint density at radius 1 is 1.23 bits per heavy atom. The normalized spacial score (nSPS) is 20.1. The van der Waals surface area contributed by atoms with Crippen LogP contribution in [0.3, 0.4) is 0 Å². The van der Waals surface area contributed by atoms with Gasteiger partial charge in [-0.15, -0.1) is 0 Å². The summed E-state index contributed by atoms with van der Waals surface area (Å²) in [5, 5.41) is 6.42. The smallest absolute Gasteiger partial charge is 0.242 e. The van der Waals surface area contributed by atoms with Crippen LogP contribution >= 0.6 is 0 Å². The van der Waals surface area contributed by atoms with Crippen molar-refractivity contribution in [3.63, 3.8) is 0 Å². The number of rotatable bonds is 10. The maximum Gasteiger partial charge on any atom is 0.242 e. The number of aryl methyl sites for hydroxylation is 1. The number of halogens is 2. The van der Waals surface area contributed by atoms with Gasteiger partial charge in [0.05, 0.1) is 17.9 Å². The van der Waals surface area contributed by atoms with Crippen molar-refractivity contribution in [3.05, 3.63) is 77.2 Å². The van der Waals surface area contributed by atoms with Crippen LogP contribution in [0.2, 0.25) is 0 Å². The van der Waals surface area contributed by atoms with Gasteiger partial charge in [0.25, 0.3) is 0 Å². The molecule has 9 heteroatoms. The summed E-state index contributed by atoms with van der Waals surface area (Å²) in [6.07, 6.45) is 7.96. The molecule has 1 aromatic heterocycles. The Hall–Kier alpha value is -3.14. The van der Waals surface area contributed by atoms with Gasteiger partial charge in [-0.1, -0.05) is 31.5 Å². The second kappa shape index (κ2) is 12.6. The van der Waals surface area contributed by atoms with Crippen LogP contribution < -0.4 is 10.6 Å². The number of nitrogens with one attached hydrogen (secondary N) is 2. The molecular weight excluding hydrogens is 510 g/mol. The number of likely N-dealkylation sites (tertiary alicyclic amines) is 1. The number of para-hydroxylation sites is 1. The Labute approximate surface area is 235 Å². The van der Waals surface area contributed by atoms with Crippen molar-refractivity contribution in [2.24, 2.45) is 0 Å². The fourth-order valence-electron chi connectivity index (χ4n) is 6.09. The molecule has 1 aliphatic heterocycles. The van der Waals surface area contributed by atoms with E-state index in [4.69, 9.17) is 0 Å². The van der Waals surface area contributed by atoms with Crippen LogP contribution in [0.4, 0.5) is 14.6 Å². The van der Waals surface area contributed by atoms with Crippen molar-refractivity contribution >= 4 is 11.7 Å². The summed E-state index contributed by atoms with van der Waals surface area (Å²) in [6, 6.07) is 10.7. The zero-order valence-electron chi connectivity index (χ0n) is 23.7. The van der Waals surface area contributed by atoms with Gasteiger partial charge in [0.2, 0.25) is 5.91 Å². The van der Waals surface area contributed by atoms with Gasteiger partial charge in [-0.3, -0.25) is 9.69 Å². The van der Waals surface area contributed by atoms with E-state index >= 15 is 0 Å². The highest BCUT2D eigenvalue weighted by Gasteiger charge is 2.28. The second-order valence-electron chi connectivity index (χ2n) is 11.4. The Morgan fingerprint density at radius 2 is 2.05 bits per heavy atom. The third-order valence-corrected chi connectivity index (χ3v) is 8.31. The van der Waals surface area contributed by atoms with Gasteiger partial charge in [-0.05, 0) is 81.6 Å². The molecule has 3 atom stereocenters. The number of benzene rings is 2. The van der Waals surface area contributed by atoms with Gasteiger partial charge < -0.3 is 20.1 Å². The van der Waals surface area contributed by atoms with Crippen LogP contribution in [0.15, 0.2) is 48.9 Å². The first-order valence-electron chi connectivity index (χ1n) is 14.4. The third kappa shape index (κ3) is 6.59. The number of likely N-dealkylation sites (N-methyl/N-ethyl adjacent to an activating group) is 2. The Morgan fingerprint density at radius 3 is 2.83 bits per heavy atom. The van der Waals surface area contributed by atoms with E-state index in [1.165, 1.54) is 18.1 Å². The van der Waals surface area contributed by atoms with E-state index in [-0.39, 0.29) is 11.9 Å². The Kier molecular flexibility index (Phi) is 8.93. The molecule has 214 valence electrons. The summed E-state index contributed by atoms with van der Waals surface area (Å²) in [5.41, 5.74) is 3.50. The highest BCUT2D eigenvalue weighted by atomic mass is 19.1. The maximum absolute atomic E-state index is 14.4. The molecule has 0 spiro atoms. The maximum atomic E-state index is 14.4. The Bertz CT molecular complexity index is 1330. The summed E-state index contributed by atoms with van der Waals surface area (Å²) in [6.45, 7) is 5.06. The molecule has 5 rings (SSSR count). The zero-order valence-corrected chi connectivity index (χ0v) is 23.7. The van der Waals surface area contributed by atoms with Crippen molar-refractivity contribution in [1.82, 2.24) is 24.7 Å². The number of fused-ring (bicyclic) bond motifs is 1. The van der Waals surface area contributed by atoms with E-state index in [2.05, 4.69) is 57.7 Å². The number of amides is 1. The van der Waals surface area contributed by atoms with Gasteiger partial charge in [-0.2, -0.15) is 0 Å². The number of carbonyl (C=O) groups is 1. The van der Waals surface area contributed by atoms with Crippen LogP contribution in [-0.2, 0) is 24.2 Å². The van der Waals surface area contributed by atoms with E-state index in [0.717, 1.165) is 49.8 Å². The standard InChI is InChI=1S/C31H40F2N6O/c1-4-7-28(35-24-11-10-21-14-23(32)15-27(33)26(21)16-24)31(40)36-30-19-39(20-34-30)29-9-6-5-8-22(29)17-38(3)25-12-13-37(2)18-25/h5-6,8-9,14-15,19-20,24-25,28,35H,4,7,10-13,16-18H2,1-3H3,(H,36,40)/t24-,25?,28+/m0/s1. The van der Waals surface area contributed by atoms with Crippen molar-refractivity contribution in [3.8, 4) is 5.69 Å². The van der Waals surface area contributed by atoms with E-state index in [1.807, 2.05) is 23.8 Å². The van der Waals surface area contributed by atoms with Crippen LogP contribution in [0.5, 0.6) is 0 Å². The first-order chi connectivity index (χ1) is 19.3. The number of hydrogen-bond donors (Lipinski definition) is 2. The molecule has 0 saturated carbocycles. The van der Waals surface area contributed by atoms with Gasteiger partial charge in [-0.25, -0.2) is 13.8 Å². The van der Waals surface area contributed by atoms with Crippen LogP contribution in [0.25, 0.3) is 5.69 Å². The molecule has 1 unspecified atom stereocenters. The topological polar surface area (TPSA) is 65.4 Å². The zero-order chi connectivity index (χ0) is 28.2. The highest BCUT2D eigenvalue weighted by molar-refractivity contribution is 5.94. The predicted octanol–water partition coefficient (Wildman–Crippen LogP) is 4.54. The average molecular weight is 551 g/mol. The minimum absolute atomic E-state index is 0.0594. The lowest BCUT2D eigenvalue weighted by atomic mass is 9.87. The lowest BCUT2D eigenvalue weighted by Crippen LogP contribution is -2.48. The summed E-state index contributed by atoms with van der Waals surface area (Å²) in [7, 11) is 4.35. The molecule has 2 aliphatic rings.